The van der Waals surface area contributed by atoms with Crippen LogP contribution in [0.1, 0.15) is 32.1 Å². The number of nitrogens with zero attached hydrogens (tertiary/aromatic N) is 1. The number of sulfonamides is 1. The molecule has 1 unspecified atom stereocenters. The minimum atomic E-state index is -3.48. The molecule has 0 radical (unpaired) electrons. The normalized spacial score (nSPS) is 13.6. The van der Waals surface area contributed by atoms with E-state index < -0.39 is 10.0 Å². The van der Waals surface area contributed by atoms with Crippen LogP contribution in [0.4, 0.5) is 0 Å². The average Bonchev–Trinajstić information content (AvgIpc) is 2.63. The third kappa shape index (κ3) is 4.11. The van der Waals surface area contributed by atoms with Gasteiger partial charge in [-0.15, -0.1) is 11.3 Å². The highest BCUT2D eigenvalue weighted by atomic mass is 32.2. The molecular weight excluding hydrogens is 256 g/mol. The summed E-state index contributed by atoms with van der Waals surface area (Å²) >= 11 is 0.989. The lowest BCUT2D eigenvalue weighted by Gasteiger charge is -2.15. The first-order chi connectivity index (χ1) is 7.85. The zero-order chi connectivity index (χ0) is 13.1. The molecule has 0 aliphatic heterocycles. The fourth-order valence-electron chi connectivity index (χ4n) is 1.60. The monoisotopic (exact) mass is 272 g/mol. The molecule has 1 heterocycles. The molecule has 0 saturated heterocycles. The summed E-state index contributed by atoms with van der Waals surface area (Å²) in [7, 11) is -3.48. The van der Waals surface area contributed by atoms with E-state index in [0.717, 1.165) is 17.8 Å². The summed E-state index contributed by atoms with van der Waals surface area (Å²) in [6.45, 7) is 5.93. The lowest BCUT2D eigenvalue weighted by Crippen LogP contribution is -2.33. The van der Waals surface area contributed by atoms with Crippen molar-refractivity contribution in [2.45, 2.75) is 37.4 Å². The van der Waals surface area contributed by atoms with Crippen LogP contribution in [0.2, 0.25) is 0 Å². The van der Waals surface area contributed by atoms with Gasteiger partial charge in [-0.25, -0.2) is 13.1 Å². The third-order valence-corrected chi connectivity index (χ3v) is 5.21. The van der Waals surface area contributed by atoms with Gasteiger partial charge in [0.2, 0.25) is 10.0 Å². The van der Waals surface area contributed by atoms with Crippen molar-refractivity contribution in [3.05, 3.63) is 17.0 Å². The van der Waals surface area contributed by atoms with Crippen molar-refractivity contribution >= 4 is 21.4 Å². The lowest BCUT2D eigenvalue weighted by atomic mass is 10.1. The Balaban J connectivity index is 2.79. The Bertz CT molecular complexity index is 512. The van der Waals surface area contributed by atoms with Crippen LogP contribution in [0, 0.1) is 17.2 Å². The summed E-state index contributed by atoms with van der Waals surface area (Å²) < 4.78 is 26.7. The lowest BCUT2D eigenvalue weighted by molar-refractivity contribution is 0.483. The molecule has 17 heavy (non-hydrogen) atoms. The van der Waals surface area contributed by atoms with E-state index in [9.17, 15) is 8.42 Å². The molecule has 1 aromatic rings. The van der Waals surface area contributed by atoms with Crippen molar-refractivity contribution in [1.82, 2.24) is 4.72 Å². The molecule has 0 bridgehead atoms. The van der Waals surface area contributed by atoms with Gasteiger partial charge in [-0.1, -0.05) is 13.8 Å². The Kier molecular flexibility index (Phi) is 4.69. The van der Waals surface area contributed by atoms with Crippen molar-refractivity contribution in [3.63, 3.8) is 0 Å². The molecule has 0 aromatic carbocycles. The van der Waals surface area contributed by atoms with E-state index in [1.54, 1.807) is 0 Å². The highest BCUT2D eigenvalue weighted by molar-refractivity contribution is 7.91. The van der Waals surface area contributed by atoms with Crippen LogP contribution in [-0.2, 0) is 10.0 Å². The van der Waals surface area contributed by atoms with Crippen LogP contribution in [0.25, 0.3) is 0 Å². The van der Waals surface area contributed by atoms with Crippen LogP contribution in [0.3, 0.4) is 0 Å². The van der Waals surface area contributed by atoms with Crippen LogP contribution in [0.5, 0.6) is 0 Å². The quantitative estimate of drug-likeness (QED) is 0.894. The molecule has 0 aliphatic carbocycles. The molecule has 1 aromatic heterocycles. The largest absolute Gasteiger partial charge is 0.250 e. The standard InChI is InChI=1S/C11H16N2O2S2/c1-8(2)6-9(3)13-17(14,15)11-5-4-10(7-12)16-11/h4-5,8-9,13H,6H2,1-3H3. The maximum atomic E-state index is 11.9. The van der Waals surface area contributed by atoms with Gasteiger partial charge in [0.1, 0.15) is 15.2 Å². The average molecular weight is 272 g/mol. The van der Waals surface area contributed by atoms with Gasteiger partial charge < -0.3 is 0 Å². The summed E-state index contributed by atoms with van der Waals surface area (Å²) in [6, 6.07) is 4.81. The predicted octanol–water partition coefficient (Wildman–Crippen LogP) is 2.33. The first-order valence-corrected chi connectivity index (χ1v) is 7.67. The Labute approximate surface area is 106 Å². The molecule has 1 atom stereocenters. The van der Waals surface area contributed by atoms with Crippen molar-refractivity contribution in [2.24, 2.45) is 5.92 Å². The van der Waals surface area contributed by atoms with E-state index in [-0.39, 0.29) is 10.3 Å². The van der Waals surface area contributed by atoms with Gasteiger partial charge >= 0.3 is 0 Å². The molecule has 1 rings (SSSR count). The van der Waals surface area contributed by atoms with Gasteiger partial charge in [-0.3, -0.25) is 0 Å². The topological polar surface area (TPSA) is 70.0 Å². The maximum Gasteiger partial charge on any atom is 0.250 e. The van der Waals surface area contributed by atoms with Crippen LogP contribution in [-0.4, -0.2) is 14.5 Å². The van der Waals surface area contributed by atoms with Gasteiger partial charge in [-0.05, 0) is 31.4 Å². The van der Waals surface area contributed by atoms with Crippen molar-refractivity contribution in [2.75, 3.05) is 0 Å². The van der Waals surface area contributed by atoms with Gasteiger partial charge in [0, 0.05) is 6.04 Å². The number of nitriles is 1. The summed E-state index contributed by atoms with van der Waals surface area (Å²) in [5, 5.41) is 8.66. The Hall–Kier alpha value is -0.900. The number of thiophene rings is 1. The Morgan fingerprint density at radius 2 is 2.06 bits per heavy atom. The van der Waals surface area contributed by atoms with Crippen molar-refractivity contribution in [3.8, 4) is 6.07 Å². The van der Waals surface area contributed by atoms with Gasteiger partial charge in [0.05, 0.1) is 0 Å². The van der Waals surface area contributed by atoms with Crippen LogP contribution in [0.15, 0.2) is 16.3 Å². The molecule has 0 spiro atoms. The van der Waals surface area contributed by atoms with E-state index in [4.69, 9.17) is 5.26 Å². The first-order valence-electron chi connectivity index (χ1n) is 5.37. The van der Waals surface area contributed by atoms with Crippen molar-refractivity contribution in [1.29, 1.82) is 5.26 Å². The molecule has 0 saturated carbocycles. The molecule has 4 nitrogen and oxygen atoms in total. The second kappa shape index (κ2) is 5.63. The smallest absolute Gasteiger partial charge is 0.208 e. The zero-order valence-corrected chi connectivity index (χ0v) is 11.7. The summed E-state index contributed by atoms with van der Waals surface area (Å²) in [5.74, 6) is 0.436. The molecule has 0 fully saturated rings. The molecule has 0 amide bonds. The van der Waals surface area contributed by atoms with E-state index in [1.807, 2.05) is 26.8 Å². The van der Waals surface area contributed by atoms with Gasteiger partial charge in [-0.2, -0.15) is 5.26 Å². The van der Waals surface area contributed by atoms with E-state index >= 15 is 0 Å². The molecular formula is C11H16N2O2S2. The summed E-state index contributed by atoms with van der Waals surface area (Å²) in [5.41, 5.74) is 0. The van der Waals surface area contributed by atoms with E-state index in [0.29, 0.717) is 10.8 Å². The van der Waals surface area contributed by atoms with Gasteiger partial charge in [0.25, 0.3) is 0 Å². The van der Waals surface area contributed by atoms with Crippen LogP contribution >= 0.6 is 11.3 Å². The van der Waals surface area contributed by atoms with E-state index in [1.165, 1.54) is 12.1 Å². The SMILES string of the molecule is CC(C)CC(C)NS(=O)(=O)c1ccc(C#N)s1. The number of rotatable bonds is 5. The molecule has 0 aliphatic rings. The second-order valence-corrected chi connectivity index (χ2v) is 7.41. The fourth-order valence-corrected chi connectivity index (χ4v) is 3.98. The zero-order valence-electron chi connectivity index (χ0n) is 10.1. The minimum Gasteiger partial charge on any atom is -0.208 e. The molecule has 6 heteroatoms. The Morgan fingerprint density at radius 1 is 1.41 bits per heavy atom. The molecule has 94 valence electrons. The van der Waals surface area contributed by atoms with Crippen LogP contribution < -0.4 is 4.72 Å². The fraction of sp³-hybridized carbons (Fsp3) is 0.545. The summed E-state index contributed by atoms with van der Waals surface area (Å²) in [4.78, 5) is 0.405. The van der Waals surface area contributed by atoms with Gasteiger partial charge in [0.15, 0.2) is 0 Å². The number of nitrogens with one attached hydrogen (secondary N) is 1. The second-order valence-electron chi connectivity index (χ2n) is 4.38. The summed E-state index contributed by atoms with van der Waals surface area (Å²) in [6.07, 6.45) is 0.787. The van der Waals surface area contributed by atoms with E-state index in [2.05, 4.69) is 4.72 Å². The third-order valence-electron chi connectivity index (χ3n) is 2.14. The predicted molar refractivity (Wildman–Crippen MR) is 68.3 cm³/mol. The highest BCUT2D eigenvalue weighted by Crippen LogP contribution is 2.21. The molecule has 1 N–H and O–H groups in total. The number of hydrogen-bond donors (Lipinski definition) is 1. The van der Waals surface area contributed by atoms with Crippen molar-refractivity contribution < 1.29 is 8.42 Å². The highest BCUT2D eigenvalue weighted by Gasteiger charge is 2.19. The Morgan fingerprint density at radius 3 is 2.53 bits per heavy atom. The maximum absolute atomic E-state index is 11.9. The number of hydrogen-bond acceptors (Lipinski definition) is 4. The minimum absolute atomic E-state index is 0.104. The first kappa shape index (κ1) is 14.2.